The number of benzene rings is 1. The molecule has 2 N–H and O–H groups in total. The number of Topliss-reactive ketones (excluding diaryl/α,β-unsaturated/α-hetero) is 1. The van der Waals surface area contributed by atoms with Crippen molar-refractivity contribution in [3.63, 3.8) is 0 Å². The topological polar surface area (TPSA) is 62.0 Å². The summed E-state index contributed by atoms with van der Waals surface area (Å²) in [6, 6.07) is 7.67. The highest BCUT2D eigenvalue weighted by molar-refractivity contribution is 6.45. The number of aromatic nitrogens is 1. The van der Waals surface area contributed by atoms with Crippen molar-refractivity contribution in [2.24, 2.45) is 11.3 Å². The predicted molar refractivity (Wildman–Crippen MR) is 96.1 cm³/mol. The first-order valence-electron chi connectivity index (χ1n) is 8.69. The van der Waals surface area contributed by atoms with Crippen LogP contribution in [-0.4, -0.2) is 22.7 Å². The van der Waals surface area contributed by atoms with Gasteiger partial charge in [-0.05, 0) is 43.6 Å². The summed E-state index contributed by atoms with van der Waals surface area (Å²) in [5, 5.41) is 3.79. The first-order valence-corrected chi connectivity index (χ1v) is 8.69. The second-order valence-corrected chi connectivity index (χ2v) is 8.08. The fraction of sp³-hybridized carbons (Fsp3) is 0.500. The largest absolute Gasteiger partial charge is 0.358 e. The molecule has 1 aromatic heterocycles. The molecule has 1 aromatic carbocycles. The zero-order chi connectivity index (χ0) is 17.5. The van der Waals surface area contributed by atoms with E-state index in [2.05, 4.69) is 31.1 Å². The Hall–Kier alpha value is -2.10. The number of amides is 1. The molecule has 3 rings (SSSR count). The molecular formula is C20H26N2O2. The van der Waals surface area contributed by atoms with Gasteiger partial charge in [-0.15, -0.1) is 0 Å². The molecule has 1 amide bonds. The molecule has 1 fully saturated rings. The molecule has 0 saturated heterocycles. The first kappa shape index (κ1) is 16.7. The second-order valence-electron chi connectivity index (χ2n) is 8.08. The molecule has 1 aliphatic rings. The van der Waals surface area contributed by atoms with Gasteiger partial charge in [0.05, 0.1) is 5.56 Å². The third kappa shape index (κ3) is 3.23. The van der Waals surface area contributed by atoms with E-state index in [1.54, 1.807) is 0 Å². The molecule has 0 spiro atoms. The molecule has 128 valence electrons. The Labute approximate surface area is 143 Å². The van der Waals surface area contributed by atoms with Crippen LogP contribution in [0.25, 0.3) is 10.9 Å². The molecule has 0 bridgehead atoms. The minimum atomic E-state index is -0.488. The van der Waals surface area contributed by atoms with E-state index < -0.39 is 11.7 Å². The van der Waals surface area contributed by atoms with Crippen molar-refractivity contribution in [3.8, 4) is 0 Å². The van der Waals surface area contributed by atoms with E-state index in [0.29, 0.717) is 11.5 Å². The highest BCUT2D eigenvalue weighted by atomic mass is 16.2. The van der Waals surface area contributed by atoms with Crippen LogP contribution in [0.4, 0.5) is 0 Å². The molecular weight excluding hydrogens is 300 g/mol. The van der Waals surface area contributed by atoms with Gasteiger partial charge in [0.15, 0.2) is 0 Å². The van der Waals surface area contributed by atoms with E-state index in [4.69, 9.17) is 0 Å². The summed E-state index contributed by atoms with van der Waals surface area (Å²) in [6.07, 6.45) is 3.02. The number of carbonyl (C=O) groups excluding carboxylic acids is 2. The molecule has 0 radical (unpaired) electrons. The van der Waals surface area contributed by atoms with Crippen molar-refractivity contribution in [3.05, 3.63) is 35.5 Å². The summed E-state index contributed by atoms with van der Waals surface area (Å²) in [5.74, 6) is -0.372. The Morgan fingerprint density at radius 2 is 1.92 bits per heavy atom. The van der Waals surface area contributed by atoms with E-state index >= 15 is 0 Å². The van der Waals surface area contributed by atoms with Crippen LogP contribution in [0.2, 0.25) is 0 Å². The van der Waals surface area contributed by atoms with Crippen molar-refractivity contribution < 1.29 is 9.59 Å². The number of H-pyrrole nitrogens is 1. The highest BCUT2D eigenvalue weighted by Gasteiger charge is 2.34. The lowest BCUT2D eigenvalue weighted by atomic mass is 9.70. The van der Waals surface area contributed by atoms with Gasteiger partial charge in [-0.2, -0.15) is 0 Å². The van der Waals surface area contributed by atoms with E-state index in [1.165, 1.54) is 0 Å². The van der Waals surface area contributed by atoms with E-state index in [0.717, 1.165) is 35.9 Å². The Morgan fingerprint density at radius 1 is 1.21 bits per heavy atom. The summed E-state index contributed by atoms with van der Waals surface area (Å²) < 4.78 is 0. The van der Waals surface area contributed by atoms with Gasteiger partial charge < -0.3 is 10.3 Å². The fourth-order valence-corrected chi connectivity index (χ4v) is 4.39. The maximum atomic E-state index is 12.7. The van der Waals surface area contributed by atoms with E-state index in [9.17, 15) is 9.59 Å². The van der Waals surface area contributed by atoms with Crippen LogP contribution in [0.15, 0.2) is 24.3 Å². The van der Waals surface area contributed by atoms with Crippen molar-refractivity contribution in [1.29, 1.82) is 0 Å². The molecule has 2 atom stereocenters. The third-order valence-electron chi connectivity index (χ3n) is 5.05. The zero-order valence-corrected chi connectivity index (χ0v) is 14.9. The van der Waals surface area contributed by atoms with Gasteiger partial charge in [-0.25, -0.2) is 0 Å². The van der Waals surface area contributed by atoms with Gasteiger partial charge >= 0.3 is 0 Å². The smallest absolute Gasteiger partial charge is 0.292 e. The van der Waals surface area contributed by atoms with Crippen LogP contribution in [0.5, 0.6) is 0 Å². The van der Waals surface area contributed by atoms with Crippen LogP contribution in [-0.2, 0) is 4.79 Å². The number of hydrogen-bond acceptors (Lipinski definition) is 2. The summed E-state index contributed by atoms with van der Waals surface area (Å²) in [5.41, 5.74) is 2.33. The first-order chi connectivity index (χ1) is 11.3. The van der Waals surface area contributed by atoms with Crippen molar-refractivity contribution >= 4 is 22.6 Å². The van der Waals surface area contributed by atoms with Gasteiger partial charge in [0.2, 0.25) is 0 Å². The van der Waals surface area contributed by atoms with Gasteiger partial charge in [0.1, 0.15) is 0 Å². The molecule has 1 saturated carbocycles. The quantitative estimate of drug-likeness (QED) is 0.662. The maximum Gasteiger partial charge on any atom is 0.292 e. The summed E-state index contributed by atoms with van der Waals surface area (Å²) in [4.78, 5) is 28.5. The standard InChI is InChI=1S/C20H26N2O2/c1-12-9-14(11-20(3,4)10-12)22-19(24)18(23)17-13(2)21-16-8-6-5-7-15(16)17/h5-8,12,14,21H,9-11H2,1-4H3,(H,22,24)/t12-,14+/m0/s1. The summed E-state index contributed by atoms with van der Waals surface area (Å²) in [7, 11) is 0. The Bertz CT molecular complexity index is 788. The number of ketones is 1. The monoisotopic (exact) mass is 326 g/mol. The predicted octanol–water partition coefficient (Wildman–Crippen LogP) is 3.99. The normalized spacial score (nSPS) is 23.2. The van der Waals surface area contributed by atoms with Crippen molar-refractivity contribution in [2.75, 3.05) is 0 Å². The van der Waals surface area contributed by atoms with Gasteiger partial charge in [-0.1, -0.05) is 39.0 Å². The maximum absolute atomic E-state index is 12.7. The van der Waals surface area contributed by atoms with Crippen molar-refractivity contribution in [2.45, 2.75) is 53.0 Å². The molecule has 4 nitrogen and oxygen atoms in total. The van der Waals surface area contributed by atoms with Gasteiger partial charge in [-0.3, -0.25) is 9.59 Å². The van der Waals surface area contributed by atoms with E-state index in [1.807, 2.05) is 31.2 Å². The third-order valence-corrected chi connectivity index (χ3v) is 5.05. The number of rotatable bonds is 3. The summed E-state index contributed by atoms with van der Waals surface area (Å²) in [6.45, 7) is 8.51. The molecule has 1 aliphatic carbocycles. The lowest BCUT2D eigenvalue weighted by Crippen LogP contribution is -2.45. The molecule has 0 unspecified atom stereocenters. The number of aryl methyl sites for hydroxylation is 1. The second kappa shape index (κ2) is 6.08. The molecule has 0 aliphatic heterocycles. The Kier molecular flexibility index (Phi) is 4.24. The lowest BCUT2D eigenvalue weighted by Gasteiger charge is -2.39. The molecule has 1 heterocycles. The number of fused-ring (bicyclic) bond motifs is 1. The molecule has 4 heteroatoms. The van der Waals surface area contributed by atoms with Crippen LogP contribution in [0.3, 0.4) is 0 Å². The van der Waals surface area contributed by atoms with Crippen LogP contribution >= 0.6 is 0 Å². The fourth-order valence-electron chi connectivity index (χ4n) is 4.39. The minimum Gasteiger partial charge on any atom is -0.358 e. The Morgan fingerprint density at radius 3 is 2.62 bits per heavy atom. The number of nitrogens with one attached hydrogen (secondary N) is 2. The number of hydrogen-bond donors (Lipinski definition) is 2. The van der Waals surface area contributed by atoms with Crippen LogP contribution in [0, 0.1) is 18.3 Å². The number of para-hydroxylation sites is 1. The lowest BCUT2D eigenvalue weighted by molar-refractivity contribution is -0.118. The van der Waals surface area contributed by atoms with Gasteiger partial charge in [0, 0.05) is 22.6 Å². The average Bonchev–Trinajstić information content (AvgIpc) is 2.79. The van der Waals surface area contributed by atoms with Crippen LogP contribution < -0.4 is 5.32 Å². The van der Waals surface area contributed by atoms with Crippen LogP contribution in [0.1, 0.15) is 56.1 Å². The zero-order valence-electron chi connectivity index (χ0n) is 14.9. The summed E-state index contributed by atoms with van der Waals surface area (Å²) >= 11 is 0. The average molecular weight is 326 g/mol. The number of aromatic amines is 1. The van der Waals surface area contributed by atoms with Gasteiger partial charge in [0.25, 0.3) is 11.7 Å². The number of carbonyl (C=O) groups is 2. The highest BCUT2D eigenvalue weighted by Crippen LogP contribution is 2.38. The molecule has 24 heavy (non-hydrogen) atoms. The van der Waals surface area contributed by atoms with E-state index in [-0.39, 0.29) is 11.5 Å². The SMILES string of the molecule is Cc1[nH]c2ccccc2c1C(=O)C(=O)N[C@@H]1C[C@H](C)CC(C)(C)C1. The molecule has 2 aromatic rings. The van der Waals surface area contributed by atoms with Crippen molar-refractivity contribution in [1.82, 2.24) is 10.3 Å². The Balaban J connectivity index is 1.80. The minimum absolute atomic E-state index is 0.0747.